The number of likely N-dealkylation sites (tertiary alicyclic amines) is 1. The molecule has 3 heterocycles. The van der Waals surface area contributed by atoms with E-state index < -0.39 is 0 Å². The summed E-state index contributed by atoms with van der Waals surface area (Å²) in [5.41, 5.74) is 4.41. The average Bonchev–Trinajstić information content (AvgIpc) is 3.48. The molecule has 2 aliphatic heterocycles. The summed E-state index contributed by atoms with van der Waals surface area (Å²) in [4.78, 5) is 36.1. The van der Waals surface area contributed by atoms with E-state index in [4.69, 9.17) is 4.52 Å². The second-order valence-electron chi connectivity index (χ2n) is 9.64. The van der Waals surface area contributed by atoms with Crippen LogP contribution in [-0.4, -0.2) is 69.4 Å². The van der Waals surface area contributed by atoms with E-state index in [1.54, 1.807) is 0 Å². The van der Waals surface area contributed by atoms with Gasteiger partial charge in [-0.1, -0.05) is 64.8 Å². The van der Waals surface area contributed by atoms with Crippen molar-refractivity contribution in [2.45, 2.75) is 33.4 Å². The Labute approximate surface area is 205 Å². The van der Waals surface area contributed by atoms with Crippen LogP contribution in [0.2, 0.25) is 0 Å². The number of rotatable bonds is 6. The molecule has 5 rings (SSSR count). The number of carbonyl (C=O) groups excluding carboxylic acids is 2. The van der Waals surface area contributed by atoms with Crippen molar-refractivity contribution in [3.63, 3.8) is 0 Å². The molecule has 2 amide bonds. The minimum absolute atomic E-state index is 0.0586. The van der Waals surface area contributed by atoms with Crippen molar-refractivity contribution < 1.29 is 14.1 Å². The number of aryl methyl sites for hydroxylation is 2. The first-order valence-corrected chi connectivity index (χ1v) is 12.2. The zero-order valence-corrected chi connectivity index (χ0v) is 20.3. The fraction of sp³-hybridized carbons (Fsp3) is 0.407. The summed E-state index contributed by atoms with van der Waals surface area (Å²) in [5.74, 6) is 1.06. The van der Waals surface area contributed by atoms with Crippen LogP contribution in [0.15, 0.2) is 53.1 Å². The number of hydrogen-bond acceptors (Lipinski definition) is 6. The molecular formula is C27H31N5O3. The van der Waals surface area contributed by atoms with Gasteiger partial charge >= 0.3 is 0 Å². The summed E-state index contributed by atoms with van der Waals surface area (Å²) in [5, 5.41) is 4.11. The summed E-state index contributed by atoms with van der Waals surface area (Å²) in [6.45, 7) is 8.46. The van der Waals surface area contributed by atoms with E-state index in [1.807, 2.05) is 60.0 Å². The lowest BCUT2D eigenvalue weighted by molar-refractivity contribution is -0.137. The standard InChI is InChI=1S/C27H31N5O3/c1-19-3-7-21(8-4-19)16-32-17-23(15-25(32)33)27(34)31-13-11-30(12-14-31)18-24-28-26(29-35-24)22-9-5-20(2)6-10-22/h3-10,23H,11-18H2,1-2H3. The monoisotopic (exact) mass is 473 g/mol. The second kappa shape index (κ2) is 10.00. The highest BCUT2D eigenvalue weighted by Gasteiger charge is 2.37. The minimum Gasteiger partial charge on any atom is -0.340 e. The fourth-order valence-electron chi connectivity index (χ4n) is 4.72. The number of hydrogen-bond donors (Lipinski definition) is 0. The van der Waals surface area contributed by atoms with Crippen LogP contribution in [0, 0.1) is 19.8 Å². The van der Waals surface area contributed by atoms with Gasteiger partial charge in [0.15, 0.2) is 0 Å². The van der Waals surface area contributed by atoms with Crippen LogP contribution in [0.25, 0.3) is 11.4 Å². The van der Waals surface area contributed by atoms with Crippen molar-refractivity contribution in [1.82, 2.24) is 24.8 Å². The maximum Gasteiger partial charge on any atom is 0.241 e. The highest BCUT2D eigenvalue weighted by Crippen LogP contribution is 2.23. The van der Waals surface area contributed by atoms with E-state index in [9.17, 15) is 9.59 Å². The van der Waals surface area contributed by atoms with Gasteiger partial charge in [-0.3, -0.25) is 14.5 Å². The quantitative estimate of drug-likeness (QED) is 0.547. The summed E-state index contributed by atoms with van der Waals surface area (Å²) in [6, 6.07) is 16.2. The first kappa shape index (κ1) is 23.2. The molecular weight excluding hydrogens is 442 g/mol. The van der Waals surface area contributed by atoms with Gasteiger partial charge in [0.2, 0.25) is 23.5 Å². The van der Waals surface area contributed by atoms with Gasteiger partial charge in [-0.2, -0.15) is 4.98 Å². The Morgan fingerprint density at radius 3 is 2.29 bits per heavy atom. The lowest BCUT2D eigenvalue weighted by atomic mass is 10.1. The summed E-state index contributed by atoms with van der Waals surface area (Å²) < 4.78 is 5.46. The topological polar surface area (TPSA) is 82.8 Å². The molecule has 0 N–H and O–H groups in total. The van der Waals surface area contributed by atoms with E-state index in [2.05, 4.69) is 27.2 Å². The Hall–Kier alpha value is -3.52. The Balaban J connectivity index is 1.11. The number of piperazine rings is 1. The molecule has 8 nitrogen and oxygen atoms in total. The van der Waals surface area contributed by atoms with Crippen molar-refractivity contribution in [1.29, 1.82) is 0 Å². The van der Waals surface area contributed by atoms with Gasteiger partial charge in [0.05, 0.1) is 12.5 Å². The molecule has 2 saturated heterocycles. The van der Waals surface area contributed by atoms with E-state index >= 15 is 0 Å². The molecule has 2 aromatic carbocycles. The highest BCUT2D eigenvalue weighted by molar-refractivity contribution is 5.89. The molecule has 1 aromatic heterocycles. The average molecular weight is 474 g/mol. The third kappa shape index (κ3) is 5.43. The summed E-state index contributed by atoms with van der Waals surface area (Å²) >= 11 is 0. The minimum atomic E-state index is -0.257. The fourth-order valence-corrected chi connectivity index (χ4v) is 4.72. The molecule has 3 aromatic rings. The molecule has 182 valence electrons. The third-order valence-corrected chi connectivity index (χ3v) is 6.88. The predicted octanol–water partition coefficient (Wildman–Crippen LogP) is 3.05. The van der Waals surface area contributed by atoms with Crippen LogP contribution < -0.4 is 0 Å². The molecule has 2 fully saturated rings. The molecule has 2 aliphatic rings. The zero-order valence-electron chi connectivity index (χ0n) is 20.3. The third-order valence-electron chi connectivity index (χ3n) is 6.88. The molecule has 1 unspecified atom stereocenters. The van der Waals surface area contributed by atoms with Crippen LogP contribution in [0.3, 0.4) is 0 Å². The van der Waals surface area contributed by atoms with Gasteiger partial charge in [0, 0.05) is 51.3 Å². The van der Waals surface area contributed by atoms with Gasteiger partial charge in [-0.15, -0.1) is 0 Å². The maximum atomic E-state index is 13.1. The van der Waals surface area contributed by atoms with Crippen molar-refractivity contribution >= 4 is 11.8 Å². The molecule has 0 radical (unpaired) electrons. The largest absolute Gasteiger partial charge is 0.340 e. The molecule has 0 bridgehead atoms. The number of carbonyl (C=O) groups is 2. The van der Waals surface area contributed by atoms with Crippen LogP contribution in [0.4, 0.5) is 0 Å². The van der Waals surface area contributed by atoms with Gasteiger partial charge in [0.25, 0.3) is 0 Å². The maximum absolute atomic E-state index is 13.1. The van der Waals surface area contributed by atoms with Gasteiger partial charge in [-0.05, 0) is 19.4 Å². The molecule has 8 heteroatoms. The SMILES string of the molecule is Cc1ccc(CN2CC(C(=O)N3CCN(Cc4nc(-c5ccc(C)cc5)no4)CC3)CC2=O)cc1. The number of amides is 2. The predicted molar refractivity (Wildman–Crippen MR) is 131 cm³/mol. The van der Waals surface area contributed by atoms with E-state index in [-0.39, 0.29) is 17.7 Å². The van der Waals surface area contributed by atoms with Crippen LogP contribution >= 0.6 is 0 Å². The Morgan fingerprint density at radius 1 is 0.943 bits per heavy atom. The second-order valence-corrected chi connectivity index (χ2v) is 9.64. The Bertz CT molecular complexity index is 1180. The number of aromatic nitrogens is 2. The Kier molecular flexibility index (Phi) is 6.63. The number of nitrogens with zero attached hydrogens (tertiary/aromatic N) is 5. The first-order valence-electron chi connectivity index (χ1n) is 12.2. The smallest absolute Gasteiger partial charge is 0.241 e. The Morgan fingerprint density at radius 2 is 1.60 bits per heavy atom. The molecule has 35 heavy (non-hydrogen) atoms. The van der Waals surface area contributed by atoms with E-state index in [0.717, 1.165) is 24.2 Å². The highest BCUT2D eigenvalue weighted by atomic mass is 16.5. The normalized spacial score (nSPS) is 18.9. The van der Waals surface area contributed by atoms with Gasteiger partial charge in [0.1, 0.15) is 0 Å². The van der Waals surface area contributed by atoms with E-state index in [0.29, 0.717) is 50.9 Å². The number of benzene rings is 2. The molecule has 0 spiro atoms. The van der Waals surface area contributed by atoms with Crippen LogP contribution in [0.1, 0.15) is 29.0 Å². The summed E-state index contributed by atoms with van der Waals surface area (Å²) in [7, 11) is 0. The lowest BCUT2D eigenvalue weighted by Crippen LogP contribution is -2.50. The lowest BCUT2D eigenvalue weighted by Gasteiger charge is -2.35. The van der Waals surface area contributed by atoms with E-state index in [1.165, 1.54) is 11.1 Å². The van der Waals surface area contributed by atoms with Crippen molar-refractivity contribution in [2.24, 2.45) is 5.92 Å². The van der Waals surface area contributed by atoms with Gasteiger partial charge in [-0.25, -0.2) is 0 Å². The molecule has 0 saturated carbocycles. The summed E-state index contributed by atoms with van der Waals surface area (Å²) in [6.07, 6.45) is 0.300. The first-order chi connectivity index (χ1) is 16.9. The van der Waals surface area contributed by atoms with Crippen molar-refractivity contribution in [2.75, 3.05) is 32.7 Å². The van der Waals surface area contributed by atoms with Crippen molar-refractivity contribution in [3.8, 4) is 11.4 Å². The van der Waals surface area contributed by atoms with Crippen molar-refractivity contribution in [3.05, 3.63) is 71.1 Å². The van der Waals surface area contributed by atoms with Crippen LogP contribution in [0.5, 0.6) is 0 Å². The zero-order chi connectivity index (χ0) is 24.4. The van der Waals surface area contributed by atoms with Gasteiger partial charge < -0.3 is 14.3 Å². The molecule has 0 aliphatic carbocycles. The van der Waals surface area contributed by atoms with Crippen LogP contribution in [-0.2, 0) is 22.7 Å². The molecule has 1 atom stereocenters.